The van der Waals surface area contributed by atoms with Crippen LogP contribution in [0.2, 0.25) is 10.3 Å². The number of benzene rings is 1. The number of anilines is 3. The minimum absolute atomic E-state index is 0.0146. The number of aliphatic imine (C=N–C) groups is 1. The number of likely N-dealkylation sites (tertiary alicyclic amines) is 1. The van der Waals surface area contributed by atoms with E-state index in [4.69, 9.17) is 28.2 Å². The molecule has 2 aromatic rings. The molecule has 0 aliphatic carbocycles. The third-order valence-electron chi connectivity index (χ3n) is 5.31. The molecule has 2 N–H and O–H groups in total. The molecule has 1 aromatic heterocycles. The lowest BCUT2D eigenvalue weighted by atomic mass is 10.1. The number of hydrogen-bond acceptors (Lipinski definition) is 6. The van der Waals surface area contributed by atoms with Crippen LogP contribution < -0.4 is 10.6 Å². The van der Waals surface area contributed by atoms with Crippen molar-refractivity contribution in [1.29, 1.82) is 0 Å². The van der Waals surface area contributed by atoms with Crippen LogP contribution in [0.3, 0.4) is 0 Å². The Morgan fingerprint density at radius 3 is 2.71 bits per heavy atom. The average molecular weight is 466 g/mol. The van der Waals surface area contributed by atoms with Crippen LogP contribution in [0.4, 0.5) is 21.6 Å². The molecular weight excluding hydrogens is 444 g/mol. The lowest BCUT2D eigenvalue weighted by Crippen LogP contribution is -2.45. The SMILES string of the molecule is CC(=O)N1Cc2nc(Cl)nc(Nc3ccc(F)c(Cl)c3)c2NC1=NC1CCN(C)CC1. The van der Waals surface area contributed by atoms with Gasteiger partial charge in [-0.1, -0.05) is 11.6 Å². The maximum absolute atomic E-state index is 13.5. The standard InChI is InChI=1S/C20H22Cl2FN7O/c1-11(31)30-10-16-17(27-20(30)25-12-5-7-29(2)8-6-12)18(28-19(22)26-16)24-13-3-4-15(23)14(21)9-13/h3-4,9,12H,5-8,10H2,1-2H3,(H,25,27)(H,24,26,28). The van der Waals surface area contributed by atoms with Crippen LogP contribution in [0.25, 0.3) is 0 Å². The summed E-state index contributed by atoms with van der Waals surface area (Å²) in [6.45, 7) is 3.60. The van der Waals surface area contributed by atoms with Gasteiger partial charge in [0.2, 0.25) is 17.2 Å². The molecule has 1 aromatic carbocycles. The Labute approximate surface area is 189 Å². The molecule has 31 heavy (non-hydrogen) atoms. The van der Waals surface area contributed by atoms with Gasteiger partial charge < -0.3 is 15.5 Å². The van der Waals surface area contributed by atoms with E-state index in [9.17, 15) is 9.18 Å². The van der Waals surface area contributed by atoms with E-state index < -0.39 is 5.82 Å². The fraction of sp³-hybridized carbons (Fsp3) is 0.400. The van der Waals surface area contributed by atoms with Gasteiger partial charge in [-0.05, 0) is 62.8 Å². The van der Waals surface area contributed by atoms with Gasteiger partial charge in [-0.3, -0.25) is 9.69 Å². The van der Waals surface area contributed by atoms with Gasteiger partial charge in [0.1, 0.15) is 11.5 Å². The first kappa shape index (κ1) is 21.7. The van der Waals surface area contributed by atoms with Crippen LogP contribution in [-0.2, 0) is 11.3 Å². The van der Waals surface area contributed by atoms with Gasteiger partial charge in [0, 0.05) is 12.6 Å². The predicted octanol–water partition coefficient (Wildman–Crippen LogP) is 3.89. The third-order valence-corrected chi connectivity index (χ3v) is 5.77. The van der Waals surface area contributed by atoms with Crippen LogP contribution in [0, 0.1) is 5.82 Å². The Morgan fingerprint density at radius 1 is 1.29 bits per heavy atom. The first-order valence-electron chi connectivity index (χ1n) is 9.90. The summed E-state index contributed by atoms with van der Waals surface area (Å²) in [6.07, 6.45) is 1.83. The summed E-state index contributed by atoms with van der Waals surface area (Å²) in [5, 5.41) is 6.33. The number of hydrogen-bond donors (Lipinski definition) is 2. The van der Waals surface area contributed by atoms with Gasteiger partial charge in [-0.2, -0.15) is 4.98 Å². The predicted molar refractivity (Wildman–Crippen MR) is 120 cm³/mol. The molecule has 11 heteroatoms. The highest BCUT2D eigenvalue weighted by molar-refractivity contribution is 6.31. The van der Waals surface area contributed by atoms with Crippen LogP contribution in [0.1, 0.15) is 25.5 Å². The van der Waals surface area contributed by atoms with Crippen molar-refractivity contribution in [2.24, 2.45) is 4.99 Å². The minimum Gasteiger partial charge on any atom is -0.338 e. The van der Waals surface area contributed by atoms with Crippen molar-refractivity contribution in [2.75, 3.05) is 30.8 Å². The fourth-order valence-electron chi connectivity index (χ4n) is 3.59. The lowest BCUT2D eigenvalue weighted by Gasteiger charge is -2.33. The van der Waals surface area contributed by atoms with E-state index in [1.807, 2.05) is 0 Å². The number of aromatic nitrogens is 2. The minimum atomic E-state index is -0.516. The molecule has 0 radical (unpaired) electrons. The van der Waals surface area contributed by atoms with Crippen LogP contribution in [0.15, 0.2) is 23.2 Å². The first-order chi connectivity index (χ1) is 14.8. The number of rotatable bonds is 3. The quantitative estimate of drug-likeness (QED) is 0.668. The highest BCUT2D eigenvalue weighted by Gasteiger charge is 2.30. The second-order valence-corrected chi connectivity index (χ2v) is 8.38. The van der Waals surface area contributed by atoms with Gasteiger partial charge in [-0.25, -0.2) is 14.4 Å². The van der Waals surface area contributed by atoms with Gasteiger partial charge >= 0.3 is 0 Å². The maximum Gasteiger partial charge on any atom is 0.226 e. The molecule has 0 saturated carbocycles. The molecular formula is C20H22Cl2FN7O. The zero-order chi connectivity index (χ0) is 22.1. The molecule has 164 valence electrons. The van der Waals surface area contributed by atoms with Crippen molar-refractivity contribution in [3.63, 3.8) is 0 Å². The van der Waals surface area contributed by atoms with Gasteiger partial charge in [0.15, 0.2) is 5.82 Å². The van der Waals surface area contributed by atoms with Crippen molar-refractivity contribution in [1.82, 2.24) is 19.8 Å². The monoisotopic (exact) mass is 465 g/mol. The maximum atomic E-state index is 13.5. The van der Waals surface area contributed by atoms with E-state index in [1.165, 1.54) is 19.1 Å². The lowest BCUT2D eigenvalue weighted by molar-refractivity contribution is -0.125. The summed E-state index contributed by atoms with van der Waals surface area (Å²) in [5.41, 5.74) is 1.65. The first-order valence-corrected chi connectivity index (χ1v) is 10.7. The normalized spacial score (nSPS) is 18.6. The van der Waals surface area contributed by atoms with Crippen LogP contribution in [-0.4, -0.2) is 57.8 Å². The molecule has 0 spiro atoms. The van der Waals surface area contributed by atoms with E-state index in [0.29, 0.717) is 28.8 Å². The summed E-state index contributed by atoms with van der Waals surface area (Å²) in [6, 6.07) is 4.37. The summed E-state index contributed by atoms with van der Waals surface area (Å²) in [5.74, 6) is 0.176. The van der Waals surface area contributed by atoms with Crippen molar-refractivity contribution < 1.29 is 9.18 Å². The van der Waals surface area contributed by atoms with Crippen molar-refractivity contribution in [2.45, 2.75) is 32.4 Å². The van der Waals surface area contributed by atoms with E-state index in [0.717, 1.165) is 25.9 Å². The Morgan fingerprint density at radius 2 is 2.03 bits per heavy atom. The molecule has 1 amide bonds. The molecule has 0 atom stereocenters. The number of amides is 1. The van der Waals surface area contributed by atoms with Crippen LogP contribution >= 0.6 is 23.2 Å². The highest BCUT2D eigenvalue weighted by Crippen LogP contribution is 2.33. The summed E-state index contributed by atoms with van der Waals surface area (Å²) < 4.78 is 13.5. The number of piperidine rings is 1. The number of carbonyl (C=O) groups is 1. The molecule has 0 unspecified atom stereocenters. The van der Waals surface area contributed by atoms with E-state index >= 15 is 0 Å². The van der Waals surface area contributed by atoms with Gasteiger partial charge in [0.05, 0.1) is 23.3 Å². The number of carbonyl (C=O) groups excluding carboxylic acids is 1. The largest absolute Gasteiger partial charge is 0.338 e. The molecule has 1 fully saturated rings. The third kappa shape index (κ3) is 4.89. The van der Waals surface area contributed by atoms with Crippen molar-refractivity contribution >= 4 is 52.3 Å². The Kier molecular flexibility index (Phi) is 6.27. The topological polar surface area (TPSA) is 85.8 Å². The molecule has 1 saturated heterocycles. The molecule has 3 heterocycles. The van der Waals surface area contributed by atoms with E-state index in [-0.39, 0.29) is 28.8 Å². The number of guanidine groups is 1. The number of fused-ring (bicyclic) bond motifs is 1. The Balaban J connectivity index is 1.68. The Hall–Kier alpha value is -2.49. The summed E-state index contributed by atoms with van der Waals surface area (Å²) in [7, 11) is 2.08. The average Bonchev–Trinajstić information content (AvgIpc) is 2.72. The molecule has 4 rings (SSSR count). The number of halogens is 3. The van der Waals surface area contributed by atoms with Gasteiger partial charge in [-0.15, -0.1) is 0 Å². The molecule has 2 aliphatic heterocycles. The molecule has 8 nitrogen and oxygen atoms in total. The van der Waals surface area contributed by atoms with Crippen molar-refractivity contribution in [3.8, 4) is 0 Å². The second-order valence-electron chi connectivity index (χ2n) is 7.63. The fourth-order valence-corrected chi connectivity index (χ4v) is 3.95. The van der Waals surface area contributed by atoms with E-state index in [1.54, 1.807) is 11.0 Å². The number of nitrogens with zero attached hydrogens (tertiary/aromatic N) is 5. The molecule has 0 bridgehead atoms. The van der Waals surface area contributed by atoms with Crippen molar-refractivity contribution in [3.05, 3.63) is 40.0 Å². The second kappa shape index (κ2) is 8.94. The highest BCUT2D eigenvalue weighted by atomic mass is 35.5. The van der Waals surface area contributed by atoms with E-state index in [2.05, 4.69) is 32.5 Å². The van der Waals surface area contributed by atoms with Gasteiger partial charge in [0.25, 0.3) is 0 Å². The molecule has 2 aliphatic rings. The summed E-state index contributed by atoms with van der Waals surface area (Å²) >= 11 is 12.0. The smallest absolute Gasteiger partial charge is 0.226 e. The Bertz CT molecular complexity index is 1040. The number of nitrogens with one attached hydrogen (secondary N) is 2. The summed E-state index contributed by atoms with van der Waals surface area (Å²) in [4.78, 5) is 29.5. The zero-order valence-electron chi connectivity index (χ0n) is 17.1. The van der Waals surface area contributed by atoms with Crippen LogP contribution in [0.5, 0.6) is 0 Å². The zero-order valence-corrected chi connectivity index (χ0v) is 18.6.